The van der Waals surface area contributed by atoms with E-state index in [1.165, 1.54) is 0 Å². The first-order valence-electron chi connectivity index (χ1n) is 6.84. The Labute approximate surface area is 131 Å². The van der Waals surface area contributed by atoms with E-state index < -0.39 is 0 Å². The number of aromatic nitrogens is 3. The third kappa shape index (κ3) is 2.12. The first-order valence-corrected chi connectivity index (χ1v) is 7.65. The number of fused-ring (bicyclic) bond motifs is 1. The van der Waals surface area contributed by atoms with Crippen LogP contribution in [-0.2, 0) is 0 Å². The largest absolute Gasteiger partial charge is 0.397 e. The smallest absolute Gasteiger partial charge is 0.126 e. The van der Waals surface area contributed by atoms with Crippen molar-refractivity contribution in [2.45, 2.75) is 0 Å². The molecule has 0 spiro atoms. The summed E-state index contributed by atoms with van der Waals surface area (Å²) in [6.07, 6.45) is 5.31. The number of rotatable bonds is 2. The number of hydrogen-bond acceptors (Lipinski definition) is 5. The van der Waals surface area contributed by atoms with Gasteiger partial charge in [0.15, 0.2) is 0 Å². The molecule has 2 N–H and O–H groups in total. The number of pyridine rings is 3. The van der Waals surface area contributed by atoms with Crippen LogP contribution in [0.5, 0.6) is 0 Å². The van der Waals surface area contributed by atoms with E-state index in [4.69, 9.17) is 10.7 Å². The number of nitrogens with two attached hydrogens (primary N) is 1. The number of nitrogens with zero attached hydrogens (tertiary/aromatic N) is 3. The quantitative estimate of drug-likeness (QED) is 0.608. The van der Waals surface area contributed by atoms with Crippen LogP contribution in [0.4, 0.5) is 5.69 Å². The summed E-state index contributed by atoms with van der Waals surface area (Å²) in [5.74, 6) is 0. The van der Waals surface area contributed by atoms with Gasteiger partial charge in [-0.3, -0.25) is 9.97 Å². The molecule has 0 aliphatic carbocycles. The summed E-state index contributed by atoms with van der Waals surface area (Å²) in [5.41, 5.74) is 9.85. The number of hydrogen-bond donors (Lipinski definition) is 1. The van der Waals surface area contributed by atoms with Crippen molar-refractivity contribution in [2.75, 3.05) is 5.73 Å². The molecule has 0 saturated heterocycles. The molecule has 0 radical (unpaired) electrons. The summed E-state index contributed by atoms with van der Waals surface area (Å²) >= 11 is 1.59. The van der Waals surface area contributed by atoms with Gasteiger partial charge in [-0.2, -0.15) is 0 Å². The minimum atomic E-state index is 0.770. The van der Waals surface area contributed by atoms with E-state index in [-0.39, 0.29) is 0 Å². The van der Waals surface area contributed by atoms with Crippen molar-refractivity contribution in [2.24, 2.45) is 0 Å². The minimum absolute atomic E-state index is 0.770. The molecular weight excluding hydrogens is 292 g/mol. The first-order chi connectivity index (χ1) is 10.8. The maximum Gasteiger partial charge on any atom is 0.126 e. The Morgan fingerprint density at radius 3 is 2.50 bits per heavy atom. The fourth-order valence-corrected chi connectivity index (χ4v) is 3.47. The van der Waals surface area contributed by atoms with Gasteiger partial charge in [-0.05, 0) is 42.0 Å². The van der Waals surface area contributed by atoms with Gasteiger partial charge < -0.3 is 5.73 Å². The molecule has 106 valence electrons. The monoisotopic (exact) mass is 304 g/mol. The molecule has 0 saturated carbocycles. The maximum atomic E-state index is 6.29. The Hall–Kier alpha value is -2.79. The minimum Gasteiger partial charge on any atom is -0.397 e. The first kappa shape index (κ1) is 12.9. The van der Waals surface area contributed by atoms with E-state index in [9.17, 15) is 0 Å². The molecule has 0 amide bonds. The van der Waals surface area contributed by atoms with Crippen molar-refractivity contribution >= 4 is 27.2 Å². The van der Waals surface area contributed by atoms with Crippen LogP contribution in [0.1, 0.15) is 0 Å². The predicted molar refractivity (Wildman–Crippen MR) is 90.5 cm³/mol. The fourth-order valence-electron chi connectivity index (χ4n) is 2.37. The maximum absolute atomic E-state index is 6.29. The Morgan fingerprint density at radius 2 is 1.73 bits per heavy atom. The highest BCUT2D eigenvalue weighted by Crippen LogP contribution is 2.40. The molecule has 4 aromatic rings. The molecule has 4 heterocycles. The van der Waals surface area contributed by atoms with Crippen molar-refractivity contribution < 1.29 is 0 Å². The Kier molecular flexibility index (Phi) is 3.05. The van der Waals surface area contributed by atoms with Gasteiger partial charge in [0.2, 0.25) is 0 Å². The number of thiophene rings is 1. The second-order valence-electron chi connectivity index (χ2n) is 4.84. The molecule has 0 aliphatic heterocycles. The molecule has 0 unspecified atom stereocenters. The molecule has 5 heteroatoms. The van der Waals surface area contributed by atoms with Crippen molar-refractivity contribution in [3.63, 3.8) is 0 Å². The van der Waals surface area contributed by atoms with Crippen LogP contribution >= 0.6 is 11.3 Å². The van der Waals surface area contributed by atoms with Gasteiger partial charge >= 0.3 is 0 Å². The zero-order valence-electron chi connectivity index (χ0n) is 11.6. The Morgan fingerprint density at radius 1 is 0.864 bits per heavy atom. The van der Waals surface area contributed by atoms with E-state index in [0.29, 0.717) is 0 Å². The van der Waals surface area contributed by atoms with Gasteiger partial charge in [0.1, 0.15) is 4.83 Å². The fraction of sp³-hybridized carbons (Fsp3) is 0. The van der Waals surface area contributed by atoms with Crippen LogP contribution < -0.4 is 5.73 Å². The topological polar surface area (TPSA) is 64.7 Å². The van der Waals surface area contributed by atoms with Gasteiger partial charge in [-0.15, -0.1) is 11.3 Å². The third-order valence-corrected chi connectivity index (χ3v) is 4.63. The highest BCUT2D eigenvalue weighted by Gasteiger charge is 2.13. The van der Waals surface area contributed by atoms with Crippen LogP contribution in [0.3, 0.4) is 0 Å². The molecule has 0 atom stereocenters. The van der Waals surface area contributed by atoms with E-state index in [0.717, 1.165) is 37.7 Å². The molecule has 0 aromatic carbocycles. The Bertz CT molecular complexity index is 933. The average molecular weight is 304 g/mol. The summed E-state index contributed by atoms with van der Waals surface area (Å²) in [4.78, 5) is 15.1. The van der Waals surface area contributed by atoms with E-state index in [1.54, 1.807) is 29.9 Å². The Balaban J connectivity index is 1.88. The second kappa shape index (κ2) is 5.20. The van der Waals surface area contributed by atoms with E-state index >= 15 is 0 Å². The van der Waals surface area contributed by atoms with Crippen molar-refractivity contribution in [1.29, 1.82) is 0 Å². The lowest BCUT2D eigenvalue weighted by atomic mass is 10.1. The van der Waals surface area contributed by atoms with Crippen LogP contribution in [0.25, 0.3) is 32.0 Å². The van der Waals surface area contributed by atoms with Gasteiger partial charge in [0.05, 0.1) is 22.0 Å². The van der Waals surface area contributed by atoms with Gasteiger partial charge in [-0.25, -0.2) is 4.98 Å². The SMILES string of the molecule is Nc1c(-c2ccncc2)sc2nc(-c3ccccn3)ccc12. The number of anilines is 1. The third-order valence-electron chi connectivity index (χ3n) is 3.46. The molecule has 4 nitrogen and oxygen atoms in total. The molecule has 0 aliphatic rings. The number of nitrogen functional groups attached to an aromatic ring is 1. The van der Waals surface area contributed by atoms with Gasteiger partial charge in [0, 0.05) is 24.0 Å². The van der Waals surface area contributed by atoms with Gasteiger partial charge in [0.25, 0.3) is 0 Å². The highest BCUT2D eigenvalue weighted by atomic mass is 32.1. The van der Waals surface area contributed by atoms with Crippen molar-refractivity contribution in [3.05, 3.63) is 61.1 Å². The standard InChI is InChI=1S/C17H12N4S/c18-15-12-4-5-14(13-3-1-2-8-20-13)21-17(12)22-16(15)11-6-9-19-10-7-11/h1-10H,18H2. The van der Waals surface area contributed by atoms with Gasteiger partial charge in [-0.1, -0.05) is 6.07 Å². The normalized spacial score (nSPS) is 10.9. The lowest BCUT2D eigenvalue weighted by Crippen LogP contribution is -1.88. The predicted octanol–water partition coefficient (Wildman–Crippen LogP) is 4.00. The molecule has 4 aromatic heterocycles. The molecular formula is C17H12N4S. The lowest BCUT2D eigenvalue weighted by Gasteiger charge is -1.99. The average Bonchev–Trinajstić information content (AvgIpc) is 2.93. The van der Waals surface area contributed by atoms with Crippen LogP contribution in [0.15, 0.2) is 61.1 Å². The highest BCUT2D eigenvalue weighted by molar-refractivity contribution is 7.22. The molecule has 22 heavy (non-hydrogen) atoms. The zero-order chi connectivity index (χ0) is 14.9. The molecule has 0 bridgehead atoms. The van der Waals surface area contributed by atoms with Crippen LogP contribution in [0, 0.1) is 0 Å². The van der Waals surface area contributed by atoms with Crippen molar-refractivity contribution in [3.8, 4) is 21.8 Å². The zero-order valence-corrected chi connectivity index (χ0v) is 12.4. The van der Waals surface area contributed by atoms with Crippen LogP contribution in [-0.4, -0.2) is 15.0 Å². The summed E-state index contributed by atoms with van der Waals surface area (Å²) in [6.45, 7) is 0. The summed E-state index contributed by atoms with van der Waals surface area (Å²) in [6, 6.07) is 13.7. The van der Waals surface area contributed by atoms with Crippen LogP contribution in [0.2, 0.25) is 0 Å². The van der Waals surface area contributed by atoms with E-state index in [2.05, 4.69) is 9.97 Å². The lowest BCUT2D eigenvalue weighted by molar-refractivity contribution is 1.28. The summed E-state index contributed by atoms with van der Waals surface area (Å²) in [5, 5.41) is 0.983. The molecule has 0 fully saturated rings. The van der Waals surface area contributed by atoms with Crippen molar-refractivity contribution in [1.82, 2.24) is 15.0 Å². The second-order valence-corrected chi connectivity index (χ2v) is 5.84. The summed E-state index contributed by atoms with van der Waals surface area (Å²) < 4.78 is 0. The van der Waals surface area contributed by atoms with E-state index in [1.807, 2.05) is 42.5 Å². The molecule has 4 rings (SSSR count). The summed E-state index contributed by atoms with van der Waals surface area (Å²) in [7, 11) is 0.